The molecule has 0 unspecified atom stereocenters. The van der Waals surface area contributed by atoms with E-state index in [0.29, 0.717) is 34.3 Å². The van der Waals surface area contributed by atoms with E-state index in [4.69, 9.17) is 7.16 Å². The van der Waals surface area contributed by atoms with Crippen LogP contribution in [0.25, 0.3) is 21.9 Å². The fourth-order valence-electron chi connectivity index (χ4n) is 3.97. The van der Waals surface area contributed by atoms with Gasteiger partial charge in [-0.25, -0.2) is 9.37 Å². The highest BCUT2D eigenvalue weighted by molar-refractivity contribution is 7.15. The van der Waals surface area contributed by atoms with Crippen molar-refractivity contribution in [1.29, 1.82) is 0 Å². The van der Waals surface area contributed by atoms with Crippen LogP contribution >= 0.6 is 11.3 Å². The molecule has 0 aliphatic carbocycles. The number of carbonyl (C=O) groups excluding carboxylic acids is 1. The lowest BCUT2D eigenvalue weighted by atomic mass is 10.1. The van der Waals surface area contributed by atoms with E-state index in [1.807, 2.05) is 0 Å². The van der Waals surface area contributed by atoms with Gasteiger partial charge in [-0.2, -0.15) is 0 Å². The fraction of sp³-hybridized carbons (Fsp3) is 0.250. The van der Waals surface area contributed by atoms with Gasteiger partial charge in [0.1, 0.15) is 11.5 Å². The van der Waals surface area contributed by atoms with Gasteiger partial charge in [-0.1, -0.05) is 36.4 Å². The Hall–Kier alpha value is -3.39. The van der Waals surface area contributed by atoms with Gasteiger partial charge in [0.2, 0.25) is 11.8 Å². The Kier molecular flexibility index (Phi) is 4.91. The topological polar surface area (TPSA) is 72.1 Å². The van der Waals surface area contributed by atoms with Crippen LogP contribution in [0.5, 0.6) is 0 Å². The molecular formula is C24H21FN4O2S. The van der Waals surface area contributed by atoms with E-state index in [-0.39, 0.29) is 47.0 Å². The SMILES string of the molecule is [3H]c1cccc([3H])c1-c1nnc(C[C@@H]2CCCN2C(=O)c2nc(C)sc2-c2ccccc2F)o1. The monoisotopic (exact) mass is 452 g/mol. The van der Waals surface area contributed by atoms with E-state index >= 15 is 0 Å². The van der Waals surface area contributed by atoms with E-state index in [0.717, 1.165) is 12.8 Å². The zero-order valence-corrected chi connectivity index (χ0v) is 18.2. The molecule has 0 bridgehead atoms. The molecule has 162 valence electrons. The molecule has 6 nitrogen and oxygen atoms in total. The normalized spacial score (nSPS) is 16.8. The van der Waals surface area contributed by atoms with E-state index < -0.39 is 0 Å². The molecule has 1 fully saturated rings. The average molecular weight is 453 g/mol. The average Bonchev–Trinajstić information content (AvgIpc) is 3.54. The Balaban J connectivity index is 1.40. The summed E-state index contributed by atoms with van der Waals surface area (Å²) in [6.45, 7) is 2.36. The molecule has 8 heteroatoms. The number of halogens is 1. The molecular weight excluding hydrogens is 427 g/mol. The summed E-state index contributed by atoms with van der Waals surface area (Å²) >= 11 is 1.30. The van der Waals surface area contributed by atoms with E-state index in [1.165, 1.54) is 17.4 Å². The van der Waals surface area contributed by atoms with Crippen LogP contribution in [0.2, 0.25) is 0 Å². The van der Waals surface area contributed by atoms with Crippen molar-refractivity contribution in [3.8, 4) is 21.9 Å². The second kappa shape index (κ2) is 8.63. The molecule has 1 amide bonds. The van der Waals surface area contributed by atoms with Crippen LogP contribution in [-0.4, -0.2) is 38.6 Å². The van der Waals surface area contributed by atoms with Crippen molar-refractivity contribution < 1.29 is 16.3 Å². The molecule has 32 heavy (non-hydrogen) atoms. The summed E-state index contributed by atoms with van der Waals surface area (Å²) in [4.78, 5) is 20.2. The third kappa shape index (κ3) is 3.93. The van der Waals surface area contributed by atoms with Gasteiger partial charge >= 0.3 is 0 Å². The number of thiazole rings is 1. The van der Waals surface area contributed by atoms with Crippen LogP contribution < -0.4 is 0 Å². The van der Waals surface area contributed by atoms with Gasteiger partial charge in [-0.05, 0) is 37.9 Å². The first-order valence-electron chi connectivity index (χ1n) is 11.3. The molecule has 2 aromatic heterocycles. The number of likely N-dealkylation sites (tertiary alicyclic amines) is 1. The highest BCUT2D eigenvalue weighted by Crippen LogP contribution is 2.34. The number of aromatic nitrogens is 3. The number of carbonyl (C=O) groups is 1. The Morgan fingerprint density at radius 3 is 2.88 bits per heavy atom. The van der Waals surface area contributed by atoms with Gasteiger partial charge in [0, 0.05) is 30.1 Å². The molecule has 0 spiro atoms. The Morgan fingerprint density at radius 2 is 2.06 bits per heavy atom. The second-order valence-electron chi connectivity index (χ2n) is 7.58. The van der Waals surface area contributed by atoms with Gasteiger partial charge in [0.15, 0.2) is 0 Å². The van der Waals surface area contributed by atoms with Gasteiger partial charge in [0.05, 0.1) is 12.6 Å². The number of nitrogens with zero attached hydrogens (tertiary/aromatic N) is 4. The number of hydrogen-bond donors (Lipinski definition) is 0. The van der Waals surface area contributed by atoms with Crippen LogP contribution in [0.4, 0.5) is 4.39 Å². The lowest BCUT2D eigenvalue weighted by Gasteiger charge is -2.23. The van der Waals surface area contributed by atoms with Crippen LogP contribution in [-0.2, 0) is 6.42 Å². The molecule has 3 heterocycles. The van der Waals surface area contributed by atoms with Crippen molar-refractivity contribution >= 4 is 17.2 Å². The smallest absolute Gasteiger partial charge is 0.274 e. The minimum absolute atomic E-state index is 0.124. The minimum atomic E-state index is -0.389. The number of hydrogen-bond acceptors (Lipinski definition) is 6. The van der Waals surface area contributed by atoms with Gasteiger partial charge in [-0.3, -0.25) is 4.79 Å². The molecule has 4 aromatic rings. The molecule has 1 atom stereocenters. The van der Waals surface area contributed by atoms with Crippen molar-refractivity contribution in [3.05, 3.63) is 77.0 Å². The lowest BCUT2D eigenvalue weighted by molar-refractivity contribution is 0.0728. The number of amides is 1. The summed E-state index contributed by atoms with van der Waals surface area (Å²) in [6.07, 6.45) is 1.94. The zero-order valence-electron chi connectivity index (χ0n) is 19.3. The third-order valence-corrected chi connectivity index (χ3v) is 6.44. The quantitative estimate of drug-likeness (QED) is 0.418. The second-order valence-corrected chi connectivity index (χ2v) is 8.78. The number of aryl methyl sites for hydroxylation is 1. The first-order valence-corrected chi connectivity index (χ1v) is 11.2. The van der Waals surface area contributed by atoms with Gasteiger partial charge < -0.3 is 9.32 Å². The van der Waals surface area contributed by atoms with Crippen LogP contribution in [0.1, 0.15) is 37.0 Å². The number of rotatable bonds is 5. The van der Waals surface area contributed by atoms with Crippen molar-refractivity contribution in [3.63, 3.8) is 0 Å². The van der Waals surface area contributed by atoms with Crippen molar-refractivity contribution in [1.82, 2.24) is 20.1 Å². The Bertz CT molecular complexity index is 1350. The maximum absolute atomic E-state index is 14.5. The van der Waals surface area contributed by atoms with Crippen LogP contribution in [0.15, 0.2) is 59.0 Å². The van der Waals surface area contributed by atoms with Gasteiger partial charge in [0.25, 0.3) is 5.91 Å². The zero-order chi connectivity index (χ0) is 23.8. The van der Waals surface area contributed by atoms with E-state index in [2.05, 4.69) is 15.2 Å². The van der Waals surface area contributed by atoms with Crippen molar-refractivity contribution in [2.45, 2.75) is 32.2 Å². The molecule has 5 rings (SSSR count). The molecule has 1 aliphatic heterocycles. The highest BCUT2D eigenvalue weighted by Gasteiger charge is 2.34. The van der Waals surface area contributed by atoms with Crippen LogP contribution in [0.3, 0.4) is 0 Å². The molecule has 2 aromatic carbocycles. The summed E-state index contributed by atoms with van der Waals surface area (Å²) in [5, 5.41) is 8.83. The Labute approximate surface area is 191 Å². The first kappa shape index (κ1) is 18.2. The lowest BCUT2D eigenvalue weighted by Crippen LogP contribution is -2.37. The molecule has 0 radical (unpaired) electrons. The predicted molar refractivity (Wildman–Crippen MR) is 120 cm³/mol. The highest BCUT2D eigenvalue weighted by atomic mass is 32.1. The van der Waals surface area contributed by atoms with Gasteiger partial charge in [-0.15, -0.1) is 21.5 Å². The summed E-state index contributed by atoms with van der Waals surface area (Å²) in [5.41, 5.74) is 0.912. The summed E-state index contributed by atoms with van der Waals surface area (Å²) < 4.78 is 36.3. The maximum Gasteiger partial charge on any atom is 0.274 e. The maximum atomic E-state index is 14.5. The fourth-order valence-corrected chi connectivity index (χ4v) is 4.90. The molecule has 1 aliphatic rings. The van der Waals surface area contributed by atoms with E-state index in [1.54, 1.807) is 48.2 Å². The first-order chi connectivity index (χ1) is 16.4. The Morgan fingerprint density at radius 1 is 1.25 bits per heavy atom. The standard InChI is InChI=1S/C24H21FN4O2S/c1-15-26-21(22(32-15)18-11-5-6-12-19(18)25)24(30)29-13-7-10-17(29)14-20-27-28-23(31-20)16-8-3-2-4-9-16/h2-6,8-9,11-12,17H,7,10,13-14H2,1H3/t17-/m0/s1/i8T,9T. The molecule has 0 N–H and O–H groups in total. The van der Waals surface area contributed by atoms with Crippen molar-refractivity contribution in [2.24, 2.45) is 0 Å². The van der Waals surface area contributed by atoms with Crippen LogP contribution in [0, 0.1) is 12.7 Å². The number of benzene rings is 2. The van der Waals surface area contributed by atoms with E-state index in [9.17, 15) is 9.18 Å². The van der Waals surface area contributed by atoms with Crippen molar-refractivity contribution in [2.75, 3.05) is 6.54 Å². The predicted octanol–water partition coefficient (Wildman–Crippen LogP) is 5.15. The largest absolute Gasteiger partial charge is 0.421 e. The summed E-state index contributed by atoms with van der Waals surface area (Å²) in [7, 11) is 0. The molecule has 1 saturated heterocycles. The third-order valence-electron chi connectivity index (χ3n) is 5.43. The summed E-state index contributed by atoms with van der Waals surface area (Å²) in [5.74, 6) is -0.167. The molecule has 0 saturated carbocycles. The summed E-state index contributed by atoms with van der Waals surface area (Å²) in [6, 6.07) is 11.3. The minimum Gasteiger partial charge on any atom is -0.421 e.